The fraction of sp³-hybridized carbons (Fsp3) is 0.444. The Morgan fingerprint density at radius 1 is 1.03 bits per heavy atom. The van der Waals surface area contributed by atoms with E-state index in [1.165, 1.54) is 11.1 Å². The standard InChI is InChI=1S/C27H36O3Si/c1-9-21-16-19(12-14-22(21)25(28)29)10-11-20-13-15-24(23(17-20)18(2)3)27(7,8)30-31-26(4,5)6/h12-18H,9,31H2,1-8H3,(H,28,29). The van der Waals surface area contributed by atoms with Gasteiger partial charge in [0.05, 0.1) is 11.2 Å². The van der Waals surface area contributed by atoms with E-state index in [0.717, 1.165) is 16.7 Å². The molecule has 0 bridgehead atoms. The van der Waals surface area contributed by atoms with Gasteiger partial charge >= 0.3 is 5.97 Å². The van der Waals surface area contributed by atoms with Crippen molar-refractivity contribution in [3.63, 3.8) is 0 Å². The second kappa shape index (κ2) is 9.85. The van der Waals surface area contributed by atoms with Crippen LogP contribution in [0.5, 0.6) is 0 Å². The van der Waals surface area contributed by atoms with Crippen LogP contribution in [0.3, 0.4) is 0 Å². The Kier molecular flexibility index (Phi) is 7.91. The van der Waals surface area contributed by atoms with Gasteiger partial charge in [0.1, 0.15) is 0 Å². The number of aryl methyl sites for hydroxylation is 1. The minimum atomic E-state index is -0.895. The highest BCUT2D eigenvalue weighted by Crippen LogP contribution is 2.34. The SMILES string of the molecule is CCc1cc(C#Cc2ccc(C(C)(C)O[SiH2]C(C)(C)C)c(C(C)C)c2)ccc1C(=O)O. The van der Waals surface area contributed by atoms with Crippen molar-refractivity contribution in [2.45, 2.75) is 78.4 Å². The predicted molar refractivity (Wildman–Crippen MR) is 132 cm³/mol. The maximum atomic E-state index is 11.3. The minimum absolute atomic E-state index is 0.244. The predicted octanol–water partition coefficient (Wildman–Crippen LogP) is 6.02. The van der Waals surface area contributed by atoms with Gasteiger partial charge in [0.25, 0.3) is 0 Å². The number of hydrogen-bond acceptors (Lipinski definition) is 2. The average Bonchev–Trinajstić information content (AvgIpc) is 2.69. The summed E-state index contributed by atoms with van der Waals surface area (Å²) in [7, 11) is -0.679. The summed E-state index contributed by atoms with van der Waals surface area (Å²) in [5.41, 5.74) is 5.10. The Bertz CT molecular complexity index is 1000. The maximum Gasteiger partial charge on any atom is 0.335 e. The van der Waals surface area contributed by atoms with E-state index < -0.39 is 15.7 Å². The van der Waals surface area contributed by atoms with Gasteiger partial charge in [-0.25, -0.2) is 4.79 Å². The van der Waals surface area contributed by atoms with E-state index in [-0.39, 0.29) is 10.6 Å². The molecule has 0 aliphatic carbocycles. The lowest BCUT2D eigenvalue weighted by atomic mass is 9.86. The van der Waals surface area contributed by atoms with Crippen LogP contribution in [0.1, 0.15) is 99.5 Å². The van der Waals surface area contributed by atoms with Crippen molar-refractivity contribution in [1.29, 1.82) is 0 Å². The Balaban J connectivity index is 2.37. The first-order valence-corrected chi connectivity index (χ1v) is 12.3. The third-order valence-electron chi connectivity index (χ3n) is 5.26. The Morgan fingerprint density at radius 3 is 2.13 bits per heavy atom. The molecule has 31 heavy (non-hydrogen) atoms. The lowest BCUT2D eigenvalue weighted by Gasteiger charge is -2.33. The molecule has 0 saturated carbocycles. The van der Waals surface area contributed by atoms with Crippen LogP contribution in [-0.4, -0.2) is 20.8 Å². The average molecular weight is 437 g/mol. The van der Waals surface area contributed by atoms with Crippen molar-refractivity contribution in [2.75, 3.05) is 0 Å². The molecule has 0 unspecified atom stereocenters. The fourth-order valence-electron chi connectivity index (χ4n) is 3.46. The van der Waals surface area contributed by atoms with Gasteiger partial charge in [0.2, 0.25) is 0 Å². The number of carboxylic acids is 1. The van der Waals surface area contributed by atoms with Gasteiger partial charge in [-0.15, -0.1) is 0 Å². The molecule has 0 atom stereocenters. The molecule has 3 nitrogen and oxygen atoms in total. The quantitative estimate of drug-likeness (QED) is 0.444. The summed E-state index contributed by atoms with van der Waals surface area (Å²) in [6.07, 6.45) is 0.663. The summed E-state index contributed by atoms with van der Waals surface area (Å²) in [5, 5.41) is 9.55. The first kappa shape index (κ1) is 24.9. The van der Waals surface area contributed by atoms with Crippen LogP contribution in [0.25, 0.3) is 0 Å². The van der Waals surface area contributed by atoms with Gasteiger partial charge in [0.15, 0.2) is 9.76 Å². The molecule has 1 N–H and O–H groups in total. The van der Waals surface area contributed by atoms with Gasteiger partial charge in [-0.1, -0.05) is 59.4 Å². The normalized spacial score (nSPS) is 12.3. The minimum Gasteiger partial charge on any atom is -0.478 e. The molecular formula is C27H36O3Si. The number of rotatable bonds is 6. The number of carbonyl (C=O) groups is 1. The van der Waals surface area contributed by atoms with E-state index >= 15 is 0 Å². The van der Waals surface area contributed by atoms with E-state index in [4.69, 9.17) is 4.43 Å². The van der Waals surface area contributed by atoms with Crippen molar-refractivity contribution >= 4 is 15.7 Å². The molecule has 2 aromatic rings. The summed E-state index contributed by atoms with van der Waals surface area (Å²) in [6, 6.07) is 11.7. The maximum absolute atomic E-state index is 11.3. The lowest BCUT2D eigenvalue weighted by Crippen LogP contribution is -2.29. The van der Waals surface area contributed by atoms with Crippen LogP contribution in [0.2, 0.25) is 5.04 Å². The van der Waals surface area contributed by atoms with Crippen LogP contribution >= 0.6 is 0 Å². The number of carboxylic acid groups (broad SMARTS) is 1. The van der Waals surface area contributed by atoms with E-state index in [1.807, 2.05) is 13.0 Å². The van der Waals surface area contributed by atoms with Gasteiger partial charge in [-0.3, -0.25) is 0 Å². The second-order valence-corrected chi connectivity index (χ2v) is 12.8. The van der Waals surface area contributed by atoms with Crippen molar-refractivity contribution < 1.29 is 14.3 Å². The van der Waals surface area contributed by atoms with Crippen LogP contribution in [0, 0.1) is 11.8 Å². The highest BCUT2D eigenvalue weighted by Gasteiger charge is 2.27. The molecule has 0 amide bonds. The zero-order valence-electron chi connectivity index (χ0n) is 20.2. The summed E-state index contributed by atoms with van der Waals surface area (Å²) in [5.74, 6) is 5.93. The van der Waals surface area contributed by atoms with Crippen LogP contribution in [0.4, 0.5) is 0 Å². The fourth-order valence-corrected chi connectivity index (χ4v) is 4.41. The van der Waals surface area contributed by atoms with Crippen molar-refractivity contribution in [1.82, 2.24) is 0 Å². The van der Waals surface area contributed by atoms with E-state index in [0.29, 0.717) is 17.9 Å². The third kappa shape index (κ3) is 6.82. The van der Waals surface area contributed by atoms with Crippen LogP contribution < -0.4 is 0 Å². The third-order valence-corrected chi connectivity index (χ3v) is 6.99. The summed E-state index contributed by atoms with van der Waals surface area (Å²) < 4.78 is 6.45. The smallest absolute Gasteiger partial charge is 0.335 e. The Morgan fingerprint density at radius 2 is 1.61 bits per heavy atom. The van der Waals surface area contributed by atoms with Crippen LogP contribution in [0.15, 0.2) is 36.4 Å². The molecule has 0 fully saturated rings. The van der Waals surface area contributed by atoms with Crippen molar-refractivity contribution in [2.24, 2.45) is 0 Å². The summed E-state index contributed by atoms with van der Waals surface area (Å²) in [6.45, 7) is 17.4. The molecule has 0 saturated heterocycles. The molecular weight excluding hydrogens is 400 g/mol. The van der Waals surface area contributed by atoms with Gasteiger partial charge < -0.3 is 9.53 Å². The molecule has 0 spiro atoms. The highest BCUT2D eigenvalue weighted by molar-refractivity contribution is 6.31. The Hall–Kier alpha value is -2.35. The highest BCUT2D eigenvalue weighted by atomic mass is 28.2. The molecule has 0 radical (unpaired) electrons. The van der Waals surface area contributed by atoms with E-state index in [1.54, 1.807) is 12.1 Å². The molecule has 4 heteroatoms. The second-order valence-electron chi connectivity index (χ2n) is 10.1. The largest absolute Gasteiger partial charge is 0.478 e. The first-order valence-electron chi connectivity index (χ1n) is 11.0. The lowest BCUT2D eigenvalue weighted by molar-refractivity contribution is 0.0695. The molecule has 0 heterocycles. The topological polar surface area (TPSA) is 46.5 Å². The number of aromatic carboxylic acids is 1. The van der Waals surface area contributed by atoms with Crippen LogP contribution in [-0.2, 0) is 16.4 Å². The van der Waals surface area contributed by atoms with Crippen molar-refractivity contribution in [3.05, 3.63) is 69.8 Å². The van der Waals surface area contributed by atoms with E-state index in [9.17, 15) is 9.90 Å². The molecule has 0 aromatic heterocycles. The first-order chi connectivity index (χ1) is 14.3. The summed E-state index contributed by atoms with van der Waals surface area (Å²) >= 11 is 0. The molecule has 2 aromatic carbocycles. The number of hydrogen-bond donors (Lipinski definition) is 1. The summed E-state index contributed by atoms with van der Waals surface area (Å²) in [4.78, 5) is 11.3. The zero-order valence-corrected chi connectivity index (χ0v) is 21.6. The van der Waals surface area contributed by atoms with Gasteiger partial charge in [-0.2, -0.15) is 0 Å². The van der Waals surface area contributed by atoms with Gasteiger partial charge in [-0.05, 0) is 78.2 Å². The van der Waals surface area contributed by atoms with Crippen molar-refractivity contribution in [3.8, 4) is 11.8 Å². The molecule has 0 aliphatic heterocycles. The zero-order chi connectivity index (χ0) is 23.4. The molecule has 2 rings (SSSR count). The number of benzene rings is 2. The Labute approximate surface area is 190 Å². The molecule has 0 aliphatic rings. The van der Waals surface area contributed by atoms with E-state index in [2.05, 4.69) is 78.5 Å². The molecule has 166 valence electrons. The monoisotopic (exact) mass is 436 g/mol. The van der Waals surface area contributed by atoms with Gasteiger partial charge in [0, 0.05) is 11.1 Å².